The standard InChI is InChI=1S/C12H7NO3S/c13-7-8-3-1-2-4-9(8)16-11-6-5-10(17-11)12(14)15/h1-6H,(H,14,15). The van der Waals surface area contributed by atoms with Gasteiger partial charge in [-0.25, -0.2) is 4.79 Å². The molecule has 0 bridgehead atoms. The second kappa shape index (κ2) is 4.68. The summed E-state index contributed by atoms with van der Waals surface area (Å²) in [7, 11) is 0. The Morgan fingerprint density at radius 1 is 1.29 bits per heavy atom. The molecule has 0 spiro atoms. The van der Waals surface area contributed by atoms with Crippen molar-refractivity contribution in [2.24, 2.45) is 0 Å². The molecule has 0 atom stereocenters. The van der Waals surface area contributed by atoms with Crippen molar-refractivity contribution in [3.63, 3.8) is 0 Å². The van der Waals surface area contributed by atoms with E-state index in [1.807, 2.05) is 6.07 Å². The highest BCUT2D eigenvalue weighted by Crippen LogP contribution is 2.31. The van der Waals surface area contributed by atoms with E-state index in [1.54, 1.807) is 30.3 Å². The molecule has 1 aromatic carbocycles. The first-order valence-electron chi connectivity index (χ1n) is 4.71. The Labute approximate surface area is 101 Å². The molecule has 84 valence electrons. The minimum absolute atomic E-state index is 0.203. The van der Waals surface area contributed by atoms with Crippen LogP contribution >= 0.6 is 11.3 Å². The molecule has 1 heterocycles. The molecule has 0 amide bonds. The lowest BCUT2D eigenvalue weighted by molar-refractivity contribution is 0.0702. The van der Waals surface area contributed by atoms with Crippen LogP contribution < -0.4 is 4.74 Å². The van der Waals surface area contributed by atoms with Gasteiger partial charge in [-0.15, -0.1) is 0 Å². The predicted molar refractivity (Wildman–Crippen MR) is 62.5 cm³/mol. The molecule has 4 nitrogen and oxygen atoms in total. The van der Waals surface area contributed by atoms with Gasteiger partial charge in [-0.3, -0.25) is 0 Å². The van der Waals surface area contributed by atoms with Gasteiger partial charge in [-0.05, 0) is 24.3 Å². The van der Waals surface area contributed by atoms with Crippen molar-refractivity contribution >= 4 is 17.3 Å². The van der Waals surface area contributed by atoms with Gasteiger partial charge in [0.1, 0.15) is 16.7 Å². The number of carboxylic acid groups (broad SMARTS) is 1. The highest BCUT2D eigenvalue weighted by Gasteiger charge is 2.09. The molecule has 0 unspecified atom stereocenters. The maximum atomic E-state index is 10.7. The lowest BCUT2D eigenvalue weighted by atomic mass is 10.2. The van der Waals surface area contributed by atoms with E-state index in [2.05, 4.69) is 0 Å². The highest BCUT2D eigenvalue weighted by atomic mass is 32.1. The molecule has 0 radical (unpaired) electrons. The van der Waals surface area contributed by atoms with Crippen LogP contribution in [0.3, 0.4) is 0 Å². The first kappa shape index (κ1) is 11.2. The summed E-state index contributed by atoms with van der Waals surface area (Å²) in [5.41, 5.74) is 0.415. The zero-order chi connectivity index (χ0) is 12.3. The summed E-state index contributed by atoms with van der Waals surface area (Å²) >= 11 is 1.02. The number of nitrogens with zero attached hydrogens (tertiary/aromatic N) is 1. The van der Waals surface area contributed by atoms with Gasteiger partial charge in [0.15, 0.2) is 5.06 Å². The van der Waals surface area contributed by atoms with E-state index in [4.69, 9.17) is 15.1 Å². The first-order valence-corrected chi connectivity index (χ1v) is 5.52. The van der Waals surface area contributed by atoms with Crippen molar-refractivity contribution in [2.75, 3.05) is 0 Å². The Hall–Kier alpha value is -2.32. The van der Waals surface area contributed by atoms with Crippen LogP contribution in [0, 0.1) is 11.3 Å². The van der Waals surface area contributed by atoms with Gasteiger partial charge in [0.2, 0.25) is 0 Å². The molecular formula is C12H7NO3S. The average molecular weight is 245 g/mol. The third-order valence-electron chi connectivity index (χ3n) is 2.01. The fourth-order valence-corrected chi connectivity index (χ4v) is 1.95. The van der Waals surface area contributed by atoms with Crippen LogP contribution in [0.1, 0.15) is 15.2 Å². The summed E-state index contributed by atoms with van der Waals surface area (Å²) < 4.78 is 5.46. The van der Waals surface area contributed by atoms with Crippen LogP contribution in [-0.2, 0) is 0 Å². The number of carboxylic acids is 1. The molecule has 5 heteroatoms. The van der Waals surface area contributed by atoms with E-state index in [-0.39, 0.29) is 4.88 Å². The topological polar surface area (TPSA) is 70.3 Å². The number of para-hydroxylation sites is 1. The molecule has 0 saturated heterocycles. The molecule has 2 rings (SSSR count). The zero-order valence-corrected chi connectivity index (χ0v) is 9.40. The third kappa shape index (κ3) is 2.44. The van der Waals surface area contributed by atoms with Gasteiger partial charge in [-0.2, -0.15) is 5.26 Å². The second-order valence-electron chi connectivity index (χ2n) is 3.13. The molecule has 2 aromatic rings. The Morgan fingerprint density at radius 2 is 2.06 bits per heavy atom. The van der Waals surface area contributed by atoms with Crippen LogP contribution in [0.5, 0.6) is 10.8 Å². The fourth-order valence-electron chi connectivity index (χ4n) is 1.25. The molecule has 0 fully saturated rings. The van der Waals surface area contributed by atoms with Crippen LogP contribution in [0.25, 0.3) is 0 Å². The van der Waals surface area contributed by atoms with Crippen molar-refractivity contribution < 1.29 is 14.6 Å². The second-order valence-corrected chi connectivity index (χ2v) is 4.18. The number of thiophene rings is 1. The minimum Gasteiger partial charge on any atom is -0.477 e. The van der Waals surface area contributed by atoms with Crippen molar-refractivity contribution in [1.82, 2.24) is 0 Å². The molecule has 0 aliphatic carbocycles. The summed E-state index contributed by atoms with van der Waals surface area (Å²) in [5.74, 6) is -0.563. The number of rotatable bonds is 3. The third-order valence-corrected chi connectivity index (χ3v) is 2.96. The Morgan fingerprint density at radius 3 is 2.71 bits per heavy atom. The Bertz CT molecular complexity index is 598. The molecular weight excluding hydrogens is 238 g/mol. The van der Waals surface area contributed by atoms with E-state index >= 15 is 0 Å². The molecule has 0 aliphatic rings. The van der Waals surface area contributed by atoms with Gasteiger partial charge < -0.3 is 9.84 Å². The molecule has 1 aromatic heterocycles. The maximum Gasteiger partial charge on any atom is 0.345 e. The van der Waals surface area contributed by atoms with Gasteiger partial charge in [0, 0.05) is 0 Å². The normalized spacial score (nSPS) is 9.59. The van der Waals surface area contributed by atoms with E-state index in [9.17, 15) is 4.79 Å². The number of ether oxygens (including phenoxy) is 1. The van der Waals surface area contributed by atoms with Gasteiger partial charge >= 0.3 is 5.97 Å². The smallest absolute Gasteiger partial charge is 0.345 e. The number of benzene rings is 1. The summed E-state index contributed by atoms with van der Waals surface area (Å²) in [6.07, 6.45) is 0. The predicted octanol–water partition coefficient (Wildman–Crippen LogP) is 3.11. The highest BCUT2D eigenvalue weighted by molar-refractivity contribution is 7.15. The quantitative estimate of drug-likeness (QED) is 0.901. The lowest BCUT2D eigenvalue weighted by Crippen LogP contribution is -1.89. The maximum absolute atomic E-state index is 10.7. The fraction of sp³-hybridized carbons (Fsp3) is 0. The Balaban J connectivity index is 2.26. The number of aromatic carboxylic acids is 1. The summed E-state index contributed by atoms with van der Waals surface area (Å²) in [4.78, 5) is 10.9. The van der Waals surface area contributed by atoms with Crippen LogP contribution in [0.2, 0.25) is 0 Å². The van der Waals surface area contributed by atoms with E-state index in [0.29, 0.717) is 16.4 Å². The van der Waals surface area contributed by atoms with Crippen molar-refractivity contribution in [3.05, 3.63) is 46.8 Å². The minimum atomic E-state index is -0.988. The van der Waals surface area contributed by atoms with Crippen LogP contribution in [0.4, 0.5) is 0 Å². The average Bonchev–Trinajstić information content (AvgIpc) is 2.78. The number of hydrogen-bond donors (Lipinski definition) is 1. The largest absolute Gasteiger partial charge is 0.477 e. The molecule has 17 heavy (non-hydrogen) atoms. The molecule has 1 N–H and O–H groups in total. The first-order chi connectivity index (χ1) is 8.20. The number of carbonyl (C=O) groups is 1. The van der Waals surface area contributed by atoms with Crippen molar-refractivity contribution in [3.8, 4) is 16.9 Å². The Kier molecular flexibility index (Phi) is 3.08. The summed E-state index contributed by atoms with van der Waals surface area (Å²) in [5, 5.41) is 18.1. The van der Waals surface area contributed by atoms with Crippen molar-refractivity contribution in [1.29, 1.82) is 5.26 Å². The van der Waals surface area contributed by atoms with Gasteiger partial charge in [0.25, 0.3) is 0 Å². The van der Waals surface area contributed by atoms with E-state index in [0.717, 1.165) is 11.3 Å². The van der Waals surface area contributed by atoms with E-state index in [1.165, 1.54) is 6.07 Å². The number of nitriles is 1. The SMILES string of the molecule is N#Cc1ccccc1Oc1ccc(C(=O)O)s1. The zero-order valence-electron chi connectivity index (χ0n) is 8.58. The van der Waals surface area contributed by atoms with Gasteiger partial charge in [0.05, 0.1) is 5.56 Å². The van der Waals surface area contributed by atoms with E-state index < -0.39 is 5.97 Å². The lowest BCUT2D eigenvalue weighted by Gasteiger charge is -2.03. The van der Waals surface area contributed by atoms with Gasteiger partial charge in [-0.1, -0.05) is 23.5 Å². The monoisotopic (exact) mass is 245 g/mol. The molecule has 0 aliphatic heterocycles. The summed E-state index contributed by atoms with van der Waals surface area (Å²) in [6, 6.07) is 11.8. The van der Waals surface area contributed by atoms with Crippen molar-refractivity contribution in [2.45, 2.75) is 0 Å². The number of hydrogen-bond acceptors (Lipinski definition) is 4. The van der Waals surface area contributed by atoms with Crippen LogP contribution in [-0.4, -0.2) is 11.1 Å². The van der Waals surface area contributed by atoms with Crippen LogP contribution in [0.15, 0.2) is 36.4 Å². The molecule has 0 saturated carbocycles. The summed E-state index contributed by atoms with van der Waals surface area (Å²) in [6.45, 7) is 0.